The molecule has 0 saturated carbocycles. The van der Waals surface area contributed by atoms with Crippen LogP contribution < -0.4 is 24.0 Å². The second-order valence-corrected chi connectivity index (χ2v) is 2.62. The van der Waals surface area contributed by atoms with Crippen molar-refractivity contribution in [3.63, 3.8) is 0 Å². The van der Waals surface area contributed by atoms with Gasteiger partial charge in [-0.15, -0.1) is 0 Å². The maximum absolute atomic E-state index is 10.4. The Morgan fingerprint density at radius 2 is 2.00 bits per heavy atom. The molecule has 5 nitrogen and oxygen atoms in total. The van der Waals surface area contributed by atoms with Crippen molar-refractivity contribution >= 4 is 23.3 Å². The van der Waals surface area contributed by atoms with E-state index < -0.39 is 10.9 Å². The summed E-state index contributed by atoms with van der Waals surface area (Å²) in [6.07, 6.45) is 0. The number of carbonyl (C=O) groups is 1. The monoisotopic (exact) mass is 207 g/mol. The SMILES string of the molecule is O=C([O-])c1cc([N+](=O)[O-])ccc1Cl.[Li+]. The van der Waals surface area contributed by atoms with Gasteiger partial charge >= 0.3 is 18.9 Å². The van der Waals surface area contributed by atoms with Crippen molar-refractivity contribution in [1.29, 1.82) is 0 Å². The van der Waals surface area contributed by atoms with E-state index in [1.165, 1.54) is 0 Å². The first-order valence-electron chi connectivity index (χ1n) is 3.17. The minimum absolute atomic E-state index is 0. The van der Waals surface area contributed by atoms with Crippen molar-refractivity contribution < 1.29 is 33.7 Å². The average Bonchev–Trinajstić information content (AvgIpc) is 2.04. The fourth-order valence-corrected chi connectivity index (χ4v) is 0.978. The zero-order chi connectivity index (χ0) is 10.0. The number of non-ortho nitro benzene ring substituents is 1. The third-order valence-electron chi connectivity index (χ3n) is 1.38. The van der Waals surface area contributed by atoms with E-state index in [0.29, 0.717) is 0 Å². The molecular formula is C7H3ClLiNO4. The summed E-state index contributed by atoms with van der Waals surface area (Å²) in [5.74, 6) is -1.53. The van der Waals surface area contributed by atoms with Crippen LogP contribution in [-0.4, -0.2) is 10.9 Å². The van der Waals surface area contributed by atoms with Gasteiger partial charge in [0.25, 0.3) is 5.69 Å². The Hall–Kier alpha value is -1.02. The van der Waals surface area contributed by atoms with Gasteiger partial charge in [0.2, 0.25) is 0 Å². The first-order valence-corrected chi connectivity index (χ1v) is 3.55. The third-order valence-corrected chi connectivity index (χ3v) is 1.71. The molecule has 0 atom stereocenters. The van der Waals surface area contributed by atoms with E-state index in [1.807, 2.05) is 0 Å². The summed E-state index contributed by atoms with van der Waals surface area (Å²) in [5.41, 5.74) is -0.709. The van der Waals surface area contributed by atoms with Gasteiger partial charge in [0.1, 0.15) is 0 Å². The van der Waals surface area contributed by atoms with Crippen molar-refractivity contribution in [1.82, 2.24) is 0 Å². The van der Waals surface area contributed by atoms with Gasteiger partial charge in [-0.1, -0.05) is 11.6 Å². The van der Waals surface area contributed by atoms with Crippen LogP contribution in [0.25, 0.3) is 0 Å². The molecule has 0 fully saturated rings. The zero-order valence-corrected chi connectivity index (χ0v) is 7.95. The Labute approximate surface area is 96.0 Å². The van der Waals surface area contributed by atoms with Gasteiger partial charge in [-0.2, -0.15) is 0 Å². The van der Waals surface area contributed by atoms with Gasteiger partial charge in [0.15, 0.2) is 0 Å². The first kappa shape index (κ1) is 13.0. The summed E-state index contributed by atoms with van der Waals surface area (Å²) in [6.45, 7) is 0. The topological polar surface area (TPSA) is 83.3 Å². The molecule has 7 heteroatoms. The van der Waals surface area contributed by atoms with E-state index in [-0.39, 0.29) is 35.1 Å². The number of aromatic carboxylic acids is 1. The van der Waals surface area contributed by atoms with E-state index in [1.54, 1.807) is 0 Å². The standard InChI is InChI=1S/C7H4ClNO4.Li/c8-6-2-1-4(9(12)13)3-5(6)7(10)11;/h1-3H,(H,10,11);/q;+1/p-1. The summed E-state index contributed by atoms with van der Waals surface area (Å²) in [7, 11) is 0. The van der Waals surface area contributed by atoms with Crippen molar-refractivity contribution in [2.45, 2.75) is 0 Å². The quantitative estimate of drug-likeness (QED) is 0.308. The maximum Gasteiger partial charge on any atom is 1.00 e. The Morgan fingerprint density at radius 1 is 1.43 bits per heavy atom. The van der Waals surface area contributed by atoms with Crippen LogP contribution in [0, 0.1) is 10.1 Å². The Kier molecular flexibility index (Phi) is 4.64. The molecule has 14 heavy (non-hydrogen) atoms. The fraction of sp³-hybridized carbons (Fsp3) is 0. The number of nitro benzene ring substituents is 1. The Balaban J connectivity index is 0.00000169. The van der Waals surface area contributed by atoms with E-state index in [2.05, 4.69) is 0 Å². The molecule has 0 bridgehead atoms. The van der Waals surface area contributed by atoms with Crippen LogP contribution in [0.4, 0.5) is 5.69 Å². The van der Waals surface area contributed by atoms with Crippen molar-refractivity contribution in [3.05, 3.63) is 38.9 Å². The molecule has 0 heterocycles. The van der Waals surface area contributed by atoms with Gasteiger partial charge in [-0.25, -0.2) is 0 Å². The molecular weight excluding hydrogens is 204 g/mol. The van der Waals surface area contributed by atoms with Crippen molar-refractivity contribution in [2.75, 3.05) is 0 Å². The summed E-state index contributed by atoms with van der Waals surface area (Å²) in [6, 6.07) is 3.12. The van der Waals surface area contributed by atoms with Crippen LogP contribution in [0.1, 0.15) is 10.4 Å². The molecule has 0 saturated heterocycles. The second-order valence-electron chi connectivity index (χ2n) is 2.21. The summed E-state index contributed by atoms with van der Waals surface area (Å²) >= 11 is 5.45. The number of benzene rings is 1. The molecule has 1 aromatic carbocycles. The number of hydrogen-bond donors (Lipinski definition) is 0. The number of nitro groups is 1. The maximum atomic E-state index is 10.4. The minimum Gasteiger partial charge on any atom is -0.545 e. The van der Waals surface area contributed by atoms with Gasteiger partial charge in [0.05, 0.1) is 15.9 Å². The van der Waals surface area contributed by atoms with Crippen LogP contribution in [0.15, 0.2) is 18.2 Å². The third kappa shape index (κ3) is 2.74. The normalized spacial score (nSPS) is 8.93. The van der Waals surface area contributed by atoms with Gasteiger partial charge in [-0.05, 0) is 6.07 Å². The number of hydrogen-bond acceptors (Lipinski definition) is 4. The smallest absolute Gasteiger partial charge is 0.545 e. The molecule has 1 aromatic rings. The van der Waals surface area contributed by atoms with Crippen LogP contribution in [0.2, 0.25) is 5.02 Å². The summed E-state index contributed by atoms with van der Waals surface area (Å²) < 4.78 is 0. The second kappa shape index (κ2) is 5.01. The molecule has 0 aliphatic rings. The first-order chi connectivity index (χ1) is 6.02. The average molecular weight is 207 g/mol. The predicted octanol–water partition coefficient (Wildman–Crippen LogP) is -2.38. The molecule has 0 aliphatic heterocycles. The van der Waals surface area contributed by atoms with E-state index in [9.17, 15) is 20.0 Å². The number of halogens is 1. The van der Waals surface area contributed by atoms with Crippen LogP contribution in [0.3, 0.4) is 0 Å². The predicted molar refractivity (Wildman–Crippen MR) is 42.4 cm³/mol. The summed E-state index contributed by atoms with van der Waals surface area (Å²) in [5, 5.41) is 20.5. The van der Waals surface area contributed by atoms with E-state index in [0.717, 1.165) is 18.2 Å². The molecule has 0 amide bonds. The molecule has 68 valence electrons. The van der Waals surface area contributed by atoms with Crippen molar-refractivity contribution in [2.24, 2.45) is 0 Å². The number of carboxylic acids is 1. The van der Waals surface area contributed by atoms with Gasteiger partial charge < -0.3 is 9.90 Å². The Morgan fingerprint density at radius 3 is 2.43 bits per heavy atom. The van der Waals surface area contributed by atoms with Crippen LogP contribution in [-0.2, 0) is 0 Å². The van der Waals surface area contributed by atoms with E-state index in [4.69, 9.17) is 11.6 Å². The van der Waals surface area contributed by atoms with E-state index >= 15 is 0 Å². The number of nitrogens with zero attached hydrogens (tertiary/aromatic N) is 1. The fourth-order valence-electron chi connectivity index (χ4n) is 0.783. The van der Waals surface area contributed by atoms with Gasteiger partial charge in [-0.3, -0.25) is 10.1 Å². The van der Waals surface area contributed by atoms with Crippen LogP contribution in [0.5, 0.6) is 0 Å². The molecule has 0 N–H and O–H groups in total. The minimum atomic E-state index is -1.53. The zero-order valence-electron chi connectivity index (χ0n) is 7.19. The van der Waals surface area contributed by atoms with Crippen molar-refractivity contribution in [3.8, 4) is 0 Å². The largest absolute Gasteiger partial charge is 1.00 e. The van der Waals surface area contributed by atoms with Gasteiger partial charge in [0, 0.05) is 17.7 Å². The number of rotatable bonds is 2. The molecule has 0 spiro atoms. The number of carbonyl (C=O) groups excluding carboxylic acids is 1. The molecule has 0 aliphatic carbocycles. The Bertz CT molecular complexity index is 382. The van der Waals surface area contributed by atoms with Crippen LogP contribution >= 0.6 is 11.6 Å². The molecule has 0 aromatic heterocycles. The molecule has 1 rings (SSSR count). The molecule has 0 radical (unpaired) electrons. The number of carboxylic acid groups (broad SMARTS) is 1. The molecule has 0 unspecified atom stereocenters. The summed E-state index contributed by atoms with van der Waals surface area (Å²) in [4.78, 5) is 19.9.